The summed E-state index contributed by atoms with van der Waals surface area (Å²) in [6, 6.07) is 20.4. The predicted octanol–water partition coefficient (Wildman–Crippen LogP) is 3.41. The lowest BCUT2D eigenvalue weighted by Gasteiger charge is -2.10. The summed E-state index contributed by atoms with van der Waals surface area (Å²) in [4.78, 5) is 22.9. The highest BCUT2D eigenvalue weighted by Crippen LogP contribution is 2.31. The third-order valence-electron chi connectivity index (χ3n) is 4.71. The maximum atomic E-state index is 12.1. The van der Waals surface area contributed by atoms with Crippen LogP contribution in [0.1, 0.15) is 15.9 Å². The molecule has 0 spiro atoms. The molecule has 3 aromatic carbocycles. The van der Waals surface area contributed by atoms with Gasteiger partial charge in [-0.25, -0.2) is 4.79 Å². The summed E-state index contributed by atoms with van der Waals surface area (Å²) >= 11 is 0. The summed E-state index contributed by atoms with van der Waals surface area (Å²) in [6.07, 6.45) is 0. The Kier molecular flexibility index (Phi) is 5.22. The van der Waals surface area contributed by atoms with Gasteiger partial charge >= 0.3 is 5.63 Å². The number of hydrogen-bond donors (Lipinski definition) is 0. The molecule has 4 rings (SSSR count). The lowest BCUT2D eigenvalue weighted by molar-refractivity contribution is -0.255. The molecule has 0 radical (unpaired) electrons. The van der Waals surface area contributed by atoms with E-state index in [2.05, 4.69) is 0 Å². The number of rotatable bonds is 6. The Morgan fingerprint density at radius 3 is 2.30 bits per heavy atom. The maximum Gasteiger partial charge on any atom is 0.336 e. The molecule has 0 saturated heterocycles. The second-order valence-corrected chi connectivity index (χ2v) is 6.64. The number of fused-ring (bicyclic) bond motifs is 1. The number of carboxylic acid groups (broad SMARTS) is 1. The molecule has 0 unspecified atom stereocenters. The van der Waals surface area contributed by atoms with Crippen LogP contribution in [0.15, 0.2) is 82.0 Å². The van der Waals surface area contributed by atoms with E-state index in [9.17, 15) is 14.7 Å². The van der Waals surface area contributed by atoms with E-state index in [1.165, 1.54) is 18.2 Å². The quantitative estimate of drug-likeness (QED) is 0.460. The molecule has 6 nitrogen and oxygen atoms in total. The smallest absolute Gasteiger partial charge is 0.336 e. The van der Waals surface area contributed by atoms with E-state index in [1.54, 1.807) is 31.4 Å². The number of carboxylic acids is 1. The molecule has 0 amide bonds. The summed E-state index contributed by atoms with van der Waals surface area (Å²) in [5.41, 5.74) is 2.50. The Labute approximate surface area is 171 Å². The average Bonchev–Trinajstić information content (AvgIpc) is 2.77. The van der Waals surface area contributed by atoms with E-state index in [-0.39, 0.29) is 12.2 Å². The van der Waals surface area contributed by atoms with Crippen LogP contribution in [0.5, 0.6) is 11.5 Å². The van der Waals surface area contributed by atoms with Gasteiger partial charge in [-0.05, 0) is 46.5 Å². The van der Waals surface area contributed by atoms with Crippen LogP contribution in [-0.2, 0) is 6.61 Å². The molecule has 0 atom stereocenters. The van der Waals surface area contributed by atoms with Crippen molar-refractivity contribution in [2.75, 3.05) is 7.11 Å². The van der Waals surface area contributed by atoms with Gasteiger partial charge < -0.3 is 23.8 Å². The first-order valence-electron chi connectivity index (χ1n) is 9.19. The van der Waals surface area contributed by atoms with Crippen molar-refractivity contribution in [1.29, 1.82) is 0 Å². The van der Waals surface area contributed by atoms with Gasteiger partial charge in [-0.15, -0.1) is 0 Å². The summed E-state index contributed by atoms with van der Waals surface area (Å²) in [6.45, 7) is 0.237. The zero-order chi connectivity index (χ0) is 21.1. The van der Waals surface area contributed by atoms with Crippen molar-refractivity contribution in [3.63, 3.8) is 0 Å². The highest BCUT2D eigenvalue weighted by Gasteiger charge is 2.10. The van der Waals surface area contributed by atoms with Crippen LogP contribution in [-0.4, -0.2) is 13.1 Å². The number of aromatic carboxylic acids is 1. The van der Waals surface area contributed by atoms with E-state index in [4.69, 9.17) is 13.9 Å². The van der Waals surface area contributed by atoms with Crippen molar-refractivity contribution in [2.45, 2.75) is 6.61 Å². The van der Waals surface area contributed by atoms with Crippen LogP contribution in [0, 0.1) is 0 Å². The first-order chi connectivity index (χ1) is 14.5. The van der Waals surface area contributed by atoms with Crippen molar-refractivity contribution >= 4 is 16.9 Å². The average molecular weight is 401 g/mol. The first-order valence-corrected chi connectivity index (χ1v) is 9.19. The Bertz CT molecular complexity index is 1250. The first kappa shape index (κ1) is 19.3. The van der Waals surface area contributed by atoms with E-state index < -0.39 is 11.6 Å². The van der Waals surface area contributed by atoms with Gasteiger partial charge in [0.1, 0.15) is 23.7 Å². The zero-order valence-corrected chi connectivity index (χ0v) is 16.1. The molecule has 0 N–H and O–H groups in total. The van der Waals surface area contributed by atoms with Crippen LogP contribution in [0.3, 0.4) is 0 Å². The zero-order valence-electron chi connectivity index (χ0n) is 16.1. The van der Waals surface area contributed by atoms with Crippen molar-refractivity contribution in [1.82, 2.24) is 0 Å². The second-order valence-electron chi connectivity index (χ2n) is 6.64. The highest BCUT2D eigenvalue weighted by molar-refractivity contribution is 5.93. The summed E-state index contributed by atoms with van der Waals surface area (Å²) in [7, 11) is 1.60. The van der Waals surface area contributed by atoms with E-state index in [1.807, 2.05) is 30.3 Å². The SMILES string of the molecule is COc1ccc(-c2cc(=O)oc3cc(OCc4ccc(C(=O)[O-])cc4)ccc23)cc1. The number of hydrogen-bond acceptors (Lipinski definition) is 6. The molecule has 30 heavy (non-hydrogen) atoms. The number of benzene rings is 3. The lowest BCUT2D eigenvalue weighted by Crippen LogP contribution is -2.22. The summed E-state index contributed by atoms with van der Waals surface area (Å²) in [5, 5.41) is 11.6. The van der Waals surface area contributed by atoms with Gasteiger partial charge in [-0.1, -0.05) is 36.4 Å². The number of methoxy groups -OCH3 is 1. The van der Waals surface area contributed by atoms with Crippen LogP contribution >= 0.6 is 0 Å². The van der Waals surface area contributed by atoms with Gasteiger partial charge in [0.05, 0.1) is 13.1 Å². The van der Waals surface area contributed by atoms with Crippen molar-refractivity contribution in [2.24, 2.45) is 0 Å². The van der Waals surface area contributed by atoms with Gasteiger partial charge in [0.2, 0.25) is 0 Å². The minimum Gasteiger partial charge on any atom is -0.545 e. The second kappa shape index (κ2) is 8.13. The summed E-state index contributed by atoms with van der Waals surface area (Å²) < 4.78 is 16.3. The Morgan fingerprint density at radius 1 is 0.933 bits per heavy atom. The molecular formula is C24H17O6-. The fourth-order valence-electron chi connectivity index (χ4n) is 3.15. The van der Waals surface area contributed by atoms with Crippen LogP contribution in [0.2, 0.25) is 0 Å². The maximum absolute atomic E-state index is 12.1. The third kappa shape index (κ3) is 4.03. The van der Waals surface area contributed by atoms with Crippen LogP contribution in [0.4, 0.5) is 0 Å². The highest BCUT2D eigenvalue weighted by atomic mass is 16.5. The normalized spacial score (nSPS) is 10.7. The molecule has 0 aliphatic carbocycles. The molecule has 1 aromatic heterocycles. The molecule has 0 fully saturated rings. The molecule has 1 heterocycles. The van der Waals surface area contributed by atoms with E-state index in [0.717, 1.165) is 27.8 Å². The molecule has 150 valence electrons. The van der Waals surface area contributed by atoms with Gasteiger partial charge in [0.15, 0.2) is 0 Å². The monoisotopic (exact) mass is 401 g/mol. The summed E-state index contributed by atoms with van der Waals surface area (Å²) in [5.74, 6) is 0.0376. The Morgan fingerprint density at radius 2 is 1.63 bits per heavy atom. The van der Waals surface area contributed by atoms with Crippen molar-refractivity contribution < 1.29 is 23.8 Å². The van der Waals surface area contributed by atoms with Crippen LogP contribution in [0.25, 0.3) is 22.1 Å². The predicted molar refractivity (Wildman–Crippen MR) is 110 cm³/mol. The van der Waals surface area contributed by atoms with Crippen molar-refractivity contribution in [3.8, 4) is 22.6 Å². The minimum atomic E-state index is -1.22. The minimum absolute atomic E-state index is 0.109. The Balaban J connectivity index is 1.61. The molecule has 4 aromatic rings. The van der Waals surface area contributed by atoms with Gasteiger partial charge in [0, 0.05) is 17.5 Å². The fourth-order valence-corrected chi connectivity index (χ4v) is 3.15. The van der Waals surface area contributed by atoms with Gasteiger partial charge in [-0.3, -0.25) is 0 Å². The third-order valence-corrected chi connectivity index (χ3v) is 4.71. The van der Waals surface area contributed by atoms with E-state index >= 15 is 0 Å². The molecule has 0 saturated carbocycles. The Hall–Kier alpha value is -4.06. The van der Waals surface area contributed by atoms with E-state index in [0.29, 0.717) is 11.3 Å². The van der Waals surface area contributed by atoms with Gasteiger partial charge in [0.25, 0.3) is 0 Å². The molecule has 0 aliphatic heterocycles. The number of ether oxygens (including phenoxy) is 2. The molecule has 0 aliphatic rings. The lowest BCUT2D eigenvalue weighted by atomic mass is 10.0. The number of carbonyl (C=O) groups excluding carboxylic acids is 1. The fraction of sp³-hybridized carbons (Fsp3) is 0.0833. The molecule has 6 heteroatoms. The standard InChI is InChI=1S/C24H18O6/c1-28-18-8-6-16(7-9-18)21-13-23(25)30-22-12-19(10-11-20(21)22)29-14-15-2-4-17(5-3-15)24(26)27/h2-13H,14H2,1H3,(H,26,27)/p-1. The van der Waals surface area contributed by atoms with Crippen molar-refractivity contribution in [3.05, 3.63) is 94.3 Å². The topological polar surface area (TPSA) is 88.8 Å². The largest absolute Gasteiger partial charge is 0.545 e. The number of carbonyl (C=O) groups is 1. The molecule has 0 bridgehead atoms. The molecular weight excluding hydrogens is 384 g/mol. The van der Waals surface area contributed by atoms with Crippen LogP contribution < -0.4 is 20.2 Å². The van der Waals surface area contributed by atoms with Gasteiger partial charge in [-0.2, -0.15) is 0 Å².